The summed E-state index contributed by atoms with van der Waals surface area (Å²) in [6.07, 6.45) is 1.61. The van der Waals surface area contributed by atoms with Crippen LogP contribution in [0.3, 0.4) is 0 Å². The minimum Gasteiger partial charge on any atom is -0.494 e. The number of rotatable bonds is 9. The molecule has 8 nitrogen and oxygen atoms in total. The van der Waals surface area contributed by atoms with E-state index in [2.05, 4.69) is 4.98 Å². The van der Waals surface area contributed by atoms with Crippen molar-refractivity contribution in [2.45, 2.75) is 36.0 Å². The number of unbranched alkanes of at least 4 members (excludes halogenated alkanes) is 1. The zero-order valence-electron chi connectivity index (χ0n) is 21.4. The maximum absolute atomic E-state index is 14.2. The van der Waals surface area contributed by atoms with Gasteiger partial charge in [-0.25, -0.2) is 17.2 Å². The van der Waals surface area contributed by atoms with Crippen LogP contribution in [-0.4, -0.2) is 37.3 Å². The van der Waals surface area contributed by atoms with Gasteiger partial charge in [-0.2, -0.15) is 4.98 Å². The minimum absolute atomic E-state index is 0.0608. The second-order valence-electron chi connectivity index (χ2n) is 8.59. The summed E-state index contributed by atoms with van der Waals surface area (Å²) < 4.78 is 67.1. The summed E-state index contributed by atoms with van der Waals surface area (Å²) in [5, 5.41) is 10.7. The van der Waals surface area contributed by atoms with Crippen LogP contribution in [0.1, 0.15) is 25.6 Å². The molecule has 4 rings (SSSR count). The highest BCUT2D eigenvalue weighted by Gasteiger charge is 2.31. The van der Waals surface area contributed by atoms with Crippen LogP contribution in [0.15, 0.2) is 75.2 Å². The molecule has 0 amide bonds. The molecule has 3 aromatic carbocycles. The highest BCUT2D eigenvalue weighted by molar-refractivity contribution is 7.91. The summed E-state index contributed by atoms with van der Waals surface area (Å²) in [4.78, 5) is 16.7. The highest BCUT2D eigenvalue weighted by Crippen LogP contribution is 2.34. The monoisotopic (exact) mass is 556 g/mol. The molecule has 39 heavy (non-hydrogen) atoms. The molecular weight excluding hydrogens is 530 g/mol. The molecule has 11 heteroatoms. The van der Waals surface area contributed by atoms with Crippen molar-refractivity contribution >= 4 is 9.84 Å². The van der Waals surface area contributed by atoms with E-state index in [0.29, 0.717) is 6.42 Å². The molecule has 0 unspecified atom stereocenters. The molecule has 1 aromatic heterocycles. The summed E-state index contributed by atoms with van der Waals surface area (Å²) in [6, 6.07) is 12.6. The first kappa shape index (κ1) is 27.8. The van der Waals surface area contributed by atoms with E-state index in [0.717, 1.165) is 41.3 Å². The predicted molar refractivity (Wildman–Crippen MR) is 140 cm³/mol. The van der Waals surface area contributed by atoms with Gasteiger partial charge in [-0.15, -0.1) is 0 Å². The average molecular weight is 557 g/mol. The molecule has 0 fully saturated rings. The number of aromatic hydroxyl groups is 1. The lowest BCUT2D eigenvalue weighted by Gasteiger charge is -2.19. The van der Waals surface area contributed by atoms with Crippen LogP contribution in [0.2, 0.25) is 0 Å². The van der Waals surface area contributed by atoms with Crippen LogP contribution in [0.25, 0.3) is 16.8 Å². The molecule has 0 atom stereocenters. The maximum atomic E-state index is 14.2. The van der Waals surface area contributed by atoms with Crippen LogP contribution in [0, 0.1) is 11.6 Å². The summed E-state index contributed by atoms with van der Waals surface area (Å²) >= 11 is 0. The Hall–Kier alpha value is -4.25. The van der Waals surface area contributed by atoms with Crippen LogP contribution in [-0.2, 0) is 16.3 Å². The van der Waals surface area contributed by atoms with Crippen LogP contribution < -0.4 is 15.0 Å². The third-order valence-corrected chi connectivity index (χ3v) is 7.93. The van der Waals surface area contributed by atoms with Crippen molar-refractivity contribution in [1.29, 1.82) is 0 Å². The quantitative estimate of drug-likeness (QED) is 0.307. The lowest BCUT2D eigenvalue weighted by molar-refractivity contribution is 0.386. The molecule has 4 aromatic rings. The van der Waals surface area contributed by atoms with E-state index in [1.807, 2.05) is 6.92 Å². The van der Waals surface area contributed by atoms with Crippen molar-refractivity contribution < 1.29 is 31.8 Å². The number of halogens is 2. The van der Waals surface area contributed by atoms with Gasteiger partial charge in [-0.1, -0.05) is 31.5 Å². The van der Waals surface area contributed by atoms with Gasteiger partial charge in [0.2, 0.25) is 15.7 Å². The normalized spacial score (nSPS) is 11.4. The Morgan fingerprint density at radius 1 is 0.974 bits per heavy atom. The van der Waals surface area contributed by atoms with E-state index in [-0.39, 0.29) is 45.5 Å². The van der Waals surface area contributed by atoms with E-state index in [9.17, 15) is 27.1 Å². The molecule has 1 heterocycles. The number of benzene rings is 3. The fraction of sp³-hybridized carbons (Fsp3) is 0.214. The summed E-state index contributed by atoms with van der Waals surface area (Å²) in [5.74, 6) is -1.72. The van der Waals surface area contributed by atoms with Gasteiger partial charge in [0.15, 0.2) is 4.90 Å². The highest BCUT2D eigenvalue weighted by atomic mass is 32.2. The molecule has 0 aliphatic carbocycles. The van der Waals surface area contributed by atoms with Crippen LogP contribution >= 0.6 is 0 Å². The Morgan fingerprint density at radius 3 is 2.21 bits per heavy atom. The second-order valence-corrected chi connectivity index (χ2v) is 10.5. The van der Waals surface area contributed by atoms with Gasteiger partial charge in [-0.05, 0) is 54.4 Å². The largest absolute Gasteiger partial charge is 0.494 e. The fourth-order valence-electron chi connectivity index (χ4n) is 4.21. The molecule has 0 spiro atoms. The predicted octanol–water partition coefficient (Wildman–Crippen LogP) is 5.08. The Morgan fingerprint density at radius 2 is 1.62 bits per heavy atom. The lowest BCUT2D eigenvalue weighted by Crippen LogP contribution is -2.29. The third kappa shape index (κ3) is 5.22. The maximum Gasteiger partial charge on any atom is 0.281 e. The molecule has 0 aliphatic heterocycles. The number of sulfone groups is 1. The summed E-state index contributed by atoms with van der Waals surface area (Å²) in [6.45, 7) is 1.93. The molecule has 0 saturated heterocycles. The zero-order chi connectivity index (χ0) is 28.3. The van der Waals surface area contributed by atoms with Crippen molar-refractivity contribution in [2.75, 3.05) is 14.2 Å². The first-order valence-corrected chi connectivity index (χ1v) is 13.5. The van der Waals surface area contributed by atoms with Crippen LogP contribution in [0.4, 0.5) is 8.78 Å². The van der Waals surface area contributed by atoms with Crippen molar-refractivity contribution in [3.8, 4) is 34.2 Å². The van der Waals surface area contributed by atoms with Gasteiger partial charge in [0.25, 0.3) is 5.56 Å². The van der Waals surface area contributed by atoms with Crippen molar-refractivity contribution in [2.24, 2.45) is 0 Å². The van der Waals surface area contributed by atoms with Crippen molar-refractivity contribution in [1.82, 2.24) is 9.55 Å². The number of aryl methyl sites for hydroxylation is 1. The van der Waals surface area contributed by atoms with Crippen LogP contribution in [0.5, 0.6) is 17.4 Å². The van der Waals surface area contributed by atoms with E-state index in [1.165, 1.54) is 26.4 Å². The van der Waals surface area contributed by atoms with Gasteiger partial charge in [0.1, 0.15) is 34.6 Å². The van der Waals surface area contributed by atoms with E-state index >= 15 is 0 Å². The number of aromatic nitrogens is 2. The van der Waals surface area contributed by atoms with E-state index in [4.69, 9.17) is 9.47 Å². The van der Waals surface area contributed by atoms with E-state index in [1.54, 1.807) is 18.2 Å². The molecule has 1 N–H and O–H groups in total. The summed E-state index contributed by atoms with van der Waals surface area (Å²) in [5.41, 5.74) is -0.745. The topological polar surface area (TPSA) is 108 Å². The van der Waals surface area contributed by atoms with Gasteiger partial charge in [0, 0.05) is 12.0 Å². The molecule has 0 saturated carbocycles. The third-order valence-electron chi connectivity index (χ3n) is 6.15. The standard InChI is InChI=1S/C28H26F2N2O6S/c1-4-5-9-24-31-27(33)26(28(34)32(24)25-22(37-2)7-6-8-23(25)38-3)39(35,36)19-13-10-17(11-14-19)20-16-18(29)12-15-21(20)30/h6-8,10-16,33H,4-5,9H2,1-3H3. The Balaban J connectivity index is 1.93. The molecule has 0 aliphatic rings. The lowest BCUT2D eigenvalue weighted by atomic mass is 10.1. The SMILES string of the molecule is CCCCc1nc(O)c(S(=O)(=O)c2ccc(-c3cc(F)ccc3F)cc2)c(=O)n1-c1c(OC)cccc1OC. The number of methoxy groups -OCH3 is 2. The van der Waals surface area contributed by atoms with Gasteiger partial charge >= 0.3 is 0 Å². The number of para-hydroxylation sites is 1. The average Bonchev–Trinajstić information content (AvgIpc) is 2.92. The first-order chi connectivity index (χ1) is 18.6. The number of nitrogens with zero attached hydrogens (tertiary/aromatic N) is 2. The molecule has 204 valence electrons. The molecule has 0 radical (unpaired) electrons. The smallest absolute Gasteiger partial charge is 0.281 e. The molecule has 0 bridgehead atoms. The number of ether oxygens (including phenoxy) is 2. The van der Waals surface area contributed by atoms with E-state index < -0.39 is 37.8 Å². The van der Waals surface area contributed by atoms with Gasteiger partial charge in [0.05, 0.1) is 19.1 Å². The first-order valence-electron chi connectivity index (χ1n) is 12.0. The Labute approximate surface area is 224 Å². The van der Waals surface area contributed by atoms with Crippen molar-refractivity contribution in [3.63, 3.8) is 0 Å². The minimum atomic E-state index is -4.62. The molecular formula is C28H26F2N2O6S. The Kier molecular flexibility index (Phi) is 8.01. The Bertz CT molecular complexity index is 1660. The zero-order valence-corrected chi connectivity index (χ0v) is 22.3. The second kappa shape index (κ2) is 11.2. The van der Waals surface area contributed by atoms with Crippen molar-refractivity contribution in [3.05, 3.63) is 88.5 Å². The van der Waals surface area contributed by atoms with Gasteiger partial charge < -0.3 is 14.6 Å². The fourth-order valence-corrected chi connectivity index (χ4v) is 5.55. The summed E-state index contributed by atoms with van der Waals surface area (Å²) in [7, 11) is -1.84. The number of hydrogen-bond acceptors (Lipinski definition) is 7. The number of hydrogen-bond donors (Lipinski definition) is 1. The van der Waals surface area contributed by atoms with Gasteiger partial charge in [-0.3, -0.25) is 9.36 Å².